The van der Waals surface area contributed by atoms with Crippen molar-refractivity contribution in [1.82, 2.24) is 0 Å². The Kier molecular flexibility index (Phi) is 3.93. The number of hydrogen-bond acceptors (Lipinski definition) is 3. The molecule has 3 nitrogen and oxygen atoms in total. The number of rotatable bonds is 1. The van der Waals surface area contributed by atoms with E-state index in [-0.39, 0.29) is 5.97 Å². The first-order valence-electron chi connectivity index (χ1n) is 4.69. The summed E-state index contributed by atoms with van der Waals surface area (Å²) in [5.74, 6) is 2.42. The highest BCUT2D eigenvalue weighted by atomic mass is 31.2. The number of ether oxygens (including phenoxy) is 1. The second kappa shape index (κ2) is 5.01. The molecule has 4 heteroatoms. The van der Waals surface area contributed by atoms with E-state index >= 15 is 0 Å². The molecular formula is C12H13O3P. The highest BCUT2D eigenvalue weighted by molar-refractivity contribution is 7.67. The number of esters is 1. The van der Waals surface area contributed by atoms with E-state index in [1.807, 2.05) is 0 Å². The van der Waals surface area contributed by atoms with Crippen molar-refractivity contribution in [2.75, 3.05) is 20.4 Å². The lowest BCUT2D eigenvalue weighted by molar-refractivity contribution is 0.0600. The lowest BCUT2D eigenvalue weighted by Crippen LogP contribution is -2.00. The minimum absolute atomic E-state index is 0.379. The Morgan fingerprint density at radius 2 is 1.81 bits per heavy atom. The van der Waals surface area contributed by atoms with Crippen LogP contribution in [0.5, 0.6) is 0 Å². The molecule has 1 aromatic carbocycles. The zero-order valence-electron chi connectivity index (χ0n) is 9.48. The first kappa shape index (κ1) is 12.5. The summed E-state index contributed by atoms with van der Waals surface area (Å²) >= 11 is 0. The third-order valence-electron chi connectivity index (χ3n) is 1.78. The Morgan fingerprint density at radius 3 is 2.25 bits per heavy atom. The second-order valence-corrected chi connectivity index (χ2v) is 6.58. The van der Waals surface area contributed by atoms with E-state index in [9.17, 15) is 9.36 Å². The summed E-state index contributed by atoms with van der Waals surface area (Å²) in [5.41, 5.74) is 3.90. The fourth-order valence-electron chi connectivity index (χ4n) is 1.01. The van der Waals surface area contributed by atoms with Crippen LogP contribution in [0.2, 0.25) is 0 Å². The quantitative estimate of drug-likeness (QED) is 0.427. The van der Waals surface area contributed by atoms with Crippen LogP contribution in [0, 0.1) is 11.6 Å². The molecule has 0 radical (unpaired) electrons. The molecule has 0 amide bonds. The average Bonchev–Trinajstić information content (AvgIpc) is 2.25. The molecule has 0 bridgehead atoms. The van der Waals surface area contributed by atoms with Crippen LogP contribution in [0.3, 0.4) is 0 Å². The summed E-state index contributed by atoms with van der Waals surface area (Å²) in [5, 5.41) is 0. The number of hydrogen-bond donors (Lipinski definition) is 0. The monoisotopic (exact) mass is 236 g/mol. The maximum atomic E-state index is 11.4. The van der Waals surface area contributed by atoms with Gasteiger partial charge >= 0.3 is 5.97 Å². The lowest BCUT2D eigenvalue weighted by Gasteiger charge is -1.98. The summed E-state index contributed by atoms with van der Waals surface area (Å²) < 4.78 is 15.9. The number of benzene rings is 1. The Labute approximate surface area is 95.2 Å². The van der Waals surface area contributed by atoms with Crippen LogP contribution in [-0.4, -0.2) is 26.4 Å². The van der Waals surface area contributed by atoms with E-state index in [4.69, 9.17) is 0 Å². The van der Waals surface area contributed by atoms with Crippen LogP contribution < -0.4 is 0 Å². The SMILES string of the molecule is COC(=O)c1ccc(C#CP(C)(C)=O)cc1. The highest BCUT2D eigenvalue weighted by Crippen LogP contribution is 2.33. The van der Waals surface area contributed by atoms with Crippen LogP contribution in [0.4, 0.5) is 0 Å². The molecule has 0 N–H and O–H groups in total. The molecule has 16 heavy (non-hydrogen) atoms. The topological polar surface area (TPSA) is 43.4 Å². The average molecular weight is 236 g/mol. The van der Waals surface area contributed by atoms with Gasteiger partial charge in [-0.3, -0.25) is 0 Å². The predicted octanol–water partition coefficient (Wildman–Crippen LogP) is 2.40. The van der Waals surface area contributed by atoms with Gasteiger partial charge in [-0.25, -0.2) is 4.79 Å². The van der Waals surface area contributed by atoms with Crippen molar-refractivity contribution in [3.63, 3.8) is 0 Å². The van der Waals surface area contributed by atoms with Gasteiger partial charge in [-0.05, 0) is 43.3 Å². The van der Waals surface area contributed by atoms with Crippen molar-refractivity contribution in [3.8, 4) is 11.6 Å². The van der Waals surface area contributed by atoms with Gasteiger partial charge in [-0.1, -0.05) is 5.92 Å². The first-order valence-corrected chi connectivity index (χ1v) is 7.29. The maximum absolute atomic E-state index is 11.4. The fourth-order valence-corrected chi connectivity index (χ4v) is 1.41. The Balaban J connectivity index is 2.91. The molecule has 0 aliphatic heterocycles. The van der Waals surface area contributed by atoms with Gasteiger partial charge in [0, 0.05) is 5.56 Å². The smallest absolute Gasteiger partial charge is 0.337 e. The molecule has 0 unspecified atom stereocenters. The summed E-state index contributed by atoms with van der Waals surface area (Å²) in [6, 6.07) is 6.67. The van der Waals surface area contributed by atoms with Crippen molar-refractivity contribution in [2.45, 2.75) is 0 Å². The normalized spacial score (nSPS) is 10.2. The maximum Gasteiger partial charge on any atom is 0.337 e. The number of carbonyl (C=O) groups is 1. The minimum atomic E-state index is -2.32. The summed E-state index contributed by atoms with van der Waals surface area (Å²) in [4.78, 5) is 11.1. The minimum Gasteiger partial charge on any atom is -0.465 e. The molecule has 1 aromatic rings. The fraction of sp³-hybridized carbons (Fsp3) is 0.250. The molecule has 0 aliphatic rings. The summed E-state index contributed by atoms with van der Waals surface area (Å²) in [7, 11) is -0.987. The third-order valence-corrected chi connectivity index (χ3v) is 2.43. The van der Waals surface area contributed by atoms with Crippen molar-refractivity contribution < 1.29 is 14.1 Å². The van der Waals surface area contributed by atoms with E-state index in [2.05, 4.69) is 16.3 Å². The molecular weight excluding hydrogens is 223 g/mol. The van der Waals surface area contributed by atoms with Gasteiger partial charge in [-0.15, -0.1) is 0 Å². The number of carbonyl (C=O) groups excluding carboxylic acids is 1. The van der Waals surface area contributed by atoms with Gasteiger partial charge < -0.3 is 9.30 Å². The molecule has 0 spiro atoms. The van der Waals surface area contributed by atoms with Crippen LogP contribution in [0.1, 0.15) is 15.9 Å². The van der Waals surface area contributed by atoms with E-state index in [0.29, 0.717) is 5.56 Å². The zero-order valence-corrected chi connectivity index (χ0v) is 10.4. The van der Waals surface area contributed by atoms with Gasteiger partial charge in [-0.2, -0.15) is 0 Å². The second-order valence-electron chi connectivity index (χ2n) is 3.66. The molecule has 0 aromatic heterocycles. The van der Waals surface area contributed by atoms with Gasteiger partial charge in [0.25, 0.3) is 0 Å². The van der Waals surface area contributed by atoms with Gasteiger partial charge in [0.1, 0.15) is 7.14 Å². The summed E-state index contributed by atoms with van der Waals surface area (Å²) in [6.45, 7) is 3.23. The molecule has 0 saturated carbocycles. The molecule has 0 heterocycles. The largest absolute Gasteiger partial charge is 0.465 e. The molecule has 84 valence electrons. The zero-order chi connectivity index (χ0) is 12.2. The molecule has 0 saturated heterocycles. The van der Waals surface area contributed by atoms with Crippen molar-refractivity contribution in [3.05, 3.63) is 35.4 Å². The first-order chi connectivity index (χ1) is 7.42. The van der Waals surface area contributed by atoms with Gasteiger partial charge in [0.15, 0.2) is 0 Å². The Bertz CT molecular complexity index is 485. The highest BCUT2D eigenvalue weighted by Gasteiger charge is 2.03. The Morgan fingerprint density at radius 1 is 1.25 bits per heavy atom. The summed E-state index contributed by atoms with van der Waals surface area (Å²) in [6.07, 6.45) is 0. The Hall–Kier alpha value is -1.52. The van der Waals surface area contributed by atoms with Gasteiger partial charge in [0.2, 0.25) is 0 Å². The van der Waals surface area contributed by atoms with Crippen LogP contribution in [-0.2, 0) is 9.30 Å². The predicted molar refractivity (Wildman–Crippen MR) is 64.1 cm³/mol. The van der Waals surface area contributed by atoms with Crippen LogP contribution in [0.25, 0.3) is 0 Å². The van der Waals surface area contributed by atoms with E-state index in [1.165, 1.54) is 7.11 Å². The standard InChI is InChI=1S/C12H13O3P/c1-15-12(13)11-6-4-10(5-7-11)8-9-16(2,3)14/h4-7H,1-3H3. The third kappa shape index (κ3) is 3.92. The van der Waals surface area contributed by atoms with E-state index < -0.39 is 7.14 Å². The van der Waals surface area contributed by atoms with Crippen LogP contribution in [0.15, 0.2) is 24.3 Å². The van der Waals surface area contributed by atoms with Crippen molar-refractivity contribution in [1.29, 1.82) is 0 Å². The van der Waals surface area contributed by atoms with Crippen molar-refractivity contribution >= 4 is 13.1 Å². The van der Waals surface area contributed by atoms with E-state index in [1.54, 1.807) is 37.6 Å². The van der Waals surface area contributed by atoms with Gasteiger partial charge in [0.05, 0.1) is 12.7 Å². The van der Waals surface area contributed by atoms with E-state index in [0.717, 1.165) is 5.56 Å². The molecule has 0 aliphatic carbocycles. The number of methoxy groups -OCH3 is 1. The molecule has 0 fully saturated rings. The lowest BCUT2D eigenvalue weighted by atomic mass is 10.1. The van der Waals surface area contributed by atoms with Crippen molar-refractivity contribution in [2.24, 2.45) is 0 Å². The molecule has 1 rings (SSSR count). The van der Waals surface area contributed by atoms with Crippen LogP contribution >= 0.6 is 7.14 Å². The molecule has 0 atom stereocenters.